The molecule has 0 aliphatic heterocycles. The molecule has 1 aliphatic rings. The molecule has 1 N–H and O–H groups in total. The standard InChI is InChI=1S/C10H19F2N/c1-7(2)10(4-5-10)6-13-8(3)9(11)12/h7-9,13H,4-6H2,1-3H3. The maximum Gasteiger partial charge on any atom is 0.253 e. The summed E-state index contributed by atoms with van der Waals surface area (Å²) in [5.41, 5.74) is 0.323. The van der Waals surface area contributed by atoms with Crippen molar-refractivity contribution in [3.63, 3.8) is 0 Å². The van der Waals surface area contributed by atoms with Gasteiger partial charge in [-0.3, -0.25) is 0 Å². The predicted octanol–water partition coefficient (Wildman–Crippen LogP) is 2.67. The fraction of sp³-hybridized carbons (Fsp3) is 1.00. The van der Waals surface area contributed by atoms with E-state index in [-0.39, 0.29) is 0 Å². The van der Waals surface area contributed by atoms with Crippen LogP contribution in [0.3, 0.4) is 0 Å². The van der Waals surface area contributed by atoms with Gasteiger partial charge in [-0.15, -0.1) is 0 Å². The first kappa shape index (κ1) is 10.9. The molecule has 0 saturated heterocycles. The van der Waals surface area contributed by atoms with Crippen molar-refractivity contribution in [3.8, 4) is 0 Å². The van der Waals surface area contributed by atoms with Gasteiger partial charge in [0.15, 0.2) is 0 Å². The average molecular weight is 191 g/mol. The van der Waals surface area contributed by atoms with Crippen LogP contribution < -0.4 is 5.32 Å². The molecule has 3 heteroatoms. The van der Waals surface area contributed by atoms with E-state index < -0.39 is 12.5 Å². The fourth-order valence-electron chi connectivity index (χ4n) is 1.57. The molecule has 1 aliphatic carbocycles. The van der Waals surface area contributed by atoms with Gasteiger partial charge < -0.3 is 5.32 Å². The van der Waals surface area contributed by atoms with Crippen LogP contribution in [0.15, 0.2) is 0 Å². The van der Waals surface area contributed by atoms with Gasteiger partial charge in [0.2, 0.25) is 0 Å². The van der Waals surface area contributed by atoms with Crippen LogP contribution in [0.1, 0.15) is 33.6 Å². The Morgan fingerprint density at radius 1 is 1.23 bits per heavy atom. The molecular formula is C10H19F2N. The monoisotopic (exact) mass is 191 g/mol. The summed E-state index contributed by atoms with van der Waals surface area (Å²) in [5, 5.41) is 2.92. The molecule has 0 heterocycles. The molecule has 1 unspecified atom stereocenters. The third-order valence-corrected chi connectivity index (χ3v) is 3.27. The summed E-state index contributed by atoms with van der Waals surface area (Å²) in [5.74, 6) is 0.602. The van der Waals surface area contributed by atoms with E-state index >= 15 is 0 Å². The van der Waals surface area contributed by atoms with Gasteiger partial charge in [-0.05, 0) is 31.1 Å². The maximum absolute atomic E-state index is 12.2. The van der Waals surface area contributed by atoms with Crippen molar-refractivity contribution >= 4 is 0 Å². The highest BCUT2D eigenvalue weighted by atomic mass is 19.3. The zero-order valence-corrected chi connectivity index (χ0v) is 8.61. The minimum Gasteiger partial charge on any atom is -0.309 e. The van der Waals surface area contributed by atoms with Crippen LogP contribution in [0.25, 0.3) is 0 Å². The minimum absolute atomic E-state index is 0.323. The SMILES string of the molecule is CC(NCC1(C(C)C)CC1)C(F)F. The summed E-state index contributed by atoms with van der Waals surface area (Å²) in [6, 6.07) is -0.670. The Labute approximate surface area is 78.9 Å². The zero-order valence-electron chi connectivity index (χ0n) is 8.61. The highest BCUT2D eigenvalue weighted by Gasteiger charge is 2.45. The molecule has 0 spiro atoms. The molecule has 0 aromatic heterocycles. The fourth-order valence-corrected chi connectivity index (χ4v) is 1.57. The molecular weight excluding hydrogens is 172 g/mol. The van der Waals surface area contributed by atoms with Gasteiger partial charge in [0.05, 0.1) is 6.04 Å². The topological polar surface area (TPSA) is 12.0 Å². The molecule has 1 rings (SSSR count). The first-order valence-corrected chi connectivity index (χ1v) is 4.99. The van der Waals surface area contributed by atoms with E-state index in [2.05, 4.69) is 19.2 Å². The Morgan fingerprint density at radius 2 is 1.77 bits per heavy atom. The van der Waals surface area contributed by atoms with Gasteiger partial charge in [0.1, 0.15) is 0 Å². The molecule has 78 valence electrons. The number of hydrogen-bond acceptors (Lipinski definition) is 1. The Morgan fingerprint density at radius 3 is 2.08 bits per heavy atom. The number of nitrogens with one attached hydrogen (secondary N) is 1. The van der Waals surface area contributed by atoms with Crippen LogP contribution in [0, 0.1) is 11.3 Å². The first-order chi connectivity index (χ1) is 5.98. The summed E-state index contributed by atoms with van der Waals surface area (Å²) in [6.45, 7) is 6.63. The summed E-state index contributed by atoms with van der Waals surface area (Å²) in [7, 11) is 0. The minimum atomic E-state index is -2.25. The molecule has 1 nitrogen and oxygen atoms in total. The molecule has 0 aromatic carbocycles. The number of halogens is 2. The quantitative estimate of drug-likeness (QED) is 0.704. The van der Waals surface area contributed by atoms with Crippen LogP contribution in [-0.2, 0) is 0 Å². The van der Waals surface area contributed by atoms with Crippen molar-refractivity contribution in [2.24, 2.45) is 11.3 Å². The number of rotatable bonds is 5. The summed E-state index contributed by atoms with van der Waals surface area (Å²) < 4.78 is 24.3. The summed E-state index contributed by atoms with van der Waals surface area (Å²) >= 11 is 0. The van der Waals surface area contributed by atoms with E-state index in [0.29, 0.717) is 11.3 Å². The highest BCUT2D eigenvalue weighted by molar-refractivity contribution is 4.97. The molecule has 0 aromatic rings. The lowest BCUT2D eigenvalue weighted by molar-refractivity contribution is 0.101. The second-order valence-electron chi connectivity index (χ2n) is 4.52. The number of alkyl halides is 2. The third kappa shape index (κ3) is 2.63. The van der Waals surface area contributed by atoms with Crippen LogP contribution >= 0.6 is 0 Å². The van der Waals surface area contributed by atoms with Gasteiger partial charge in [0, 0.05) is 6.54 Å². The summed E-state index contributed by atoms with van der Waals surface area (Å²) in [6.07, 6.45) is 0.129. The Bertz CT molecular complexity index is 164. The average Bonchev–Trinajstić information content (AvgIpc) is 2.80. The van der Waals surface area contributed by atoms with Crippen molar-refractivity contribution in [3.05, 3.63) is 0 Å². The van der Waals surface area contributed by atoms with Crippen LogP contribution in [0.2, 0.25) is 0 Å². The largest absolute Gasteiger partial charge is 0.309 e. The Kier molecular flexibility index (Phi) is 3.28. The Balaban J connectivity index is 2.26. The normalized spacial score (nSPS) is 22.4. The molecule has 1 fully saturated rings. The van der Waals surface area contributed by atoms with Gasteiger partial charge in [-0.25, -0.2) is 8.78 Å². The van der Waals surface area contributed by atoms with E-state index in [4.69, 9.17) is 0 Å². The highest BCUT2D eigenvalue weighted by Crippen LogP contribution is 2.51. The smallest absolute Gasteiger partial charge is 0.253 e. The van der Waals surface area contributed by atoms with Crippen LogP contribution in [0.5, 0.6) is 0 Å². The lowest BCUT2D eigenvalue weighted by Gasteiger charge is -2.22. The van der Waals surface area contributed by atoms with E-state index in [0.717, 1.165) is 6.54 Å². The van der Waals surface area contributed by atoms with Gasteiger partial charge >= 0.3 is 0 Å². The lowest BCUT2D eigenvalue weighted by Crippen LogP contribution is -2.38. The molecule has 0 amide bonds. The second kappa shape index (κ2) is 3.91. The zero-order chi connectivity index (χ0) is 10.1. The second-order valence-corrected chi connectivity index (χ2v) is 4.52. The van der Waals surface area contributed by atoms with Crippen LogP contribution in [0.4, 0.5) is 8.78 Å². The van der Waals surface area contributed by atoms with Crippen molar-refractivity contribution in [2.75, 3.05) is 6.54 Å². The van der Waals surface area contributed by atoms with Crippen molar-refractivity contribution < 1.29 is 8.78 Å². The molecule has 1 saturated carbocycles. The van der Waals surface area contributed by atoms with Gasteiger partial charge in [-0.1, -0.05) is 13.8 Å². The molecule has 0 bridgehead atoms. The van der Waals surface area contributed by atoms with E-state index in [1.807, 2.05) is 0 Å². The molecule has 13 heavy (non-hydrogen) atoms. The van der Waals surface area contributed by atoms with Crippen molar-refractivity contribution in [1.82, 2.24) is 5.32 Å². The van der Waals surface area contributed by atoms with E-state index in [1.165, 1.54) is 12.8 Å². The Hall–Kier alpha value is -0.180. The van der Waals surface area contributed by atoms with E-state index in [1.54, 1.807) is 6.92 Å². The molecule has 0 radical (unpaired) electrons. The van der Waals surface area contributed by atoms with Crippen LogP contribution in [-0.4, -0.2) is 19.0 Å². The van der Waals surface area contributed by atoms with Gasteiger partial charge in [-0.2, -0.15) is 0 Å². The predicted molar refractivity (Wildman–Crippen MR) is 50.0 cm³/mol. The first-order valence-electron chi connectivity index (χ1n) is 4.99. The lowest BCUT2D eigenvalue weighted by atomic mass is 9.92. The maximum atomic E-state index is 12.2. The summed E-state index contributed by atoms with van der Waals surface area (Å²) in [4.78, 5) is 0. The third-order valence-electron chi connectivity index (χ3n) is 3.27. The number of hydrogen-bond donors (Lipinski definition) is 1. The van der Waals surface area contributed by atoms with E-state index in [9.17, 15) is 8.78 Å². The van der Waals surface area contributed by atoms with Gasteiger partial charge in [0.25, 0.3) is 6.43 Å². The van der Waals surface area contributed by atoms with Crippen molar-refractivity contribution in [2.45, 2.75) is 46.1 Å². The van der Waals surface area contributed by atoms with Crippen molar-refractivity contribution in [1.29, 1.82) is 0 Å². The molecule has 1 atom stereocenters.